The quantitative estimate of drug-likeness (QED) is 0.847. The van der Waals surface area contributed by atoms with Gasteiger partial charge in [0.1, 0.15) is 0 Å². The Morgan fingerprint density at radius 1 is 1.35 bits per heavy atom. The van der Waals surface area contributed by atoms with E-state index in [0.717, 1.165) is 22.9 Å². The first-order valence-electron chi connectivity index (χ1n) is 5.99. The highest BCUT2D eigenvalue weighted by atomic mass is 16.3. The van der Waals surface area contributed by atoms with Crippen LogP contribution in [0.4, 0.5) is 0 Å². The van der Waals surface area contributed by atoms with Gasteiger partial charge in [0.2, 0.25) is 0 Å². The lowest BCUT2D eigenvalue weighted by Gasteiger charge is -2.20. The summed E-state index contributed by atoms with van der Waals surface area (Å²) in [6.45, 7) is 2.55. The number of hydrogen-bond donors (Lipinski definition) is 2. The standard InChI is InChI=1S/C14H18N2O/c1-2-10(9-15)14(17)12-5-6-13-11(8-12)4-3-7-16-13/h3-8,10,14,17H,2,9,15H2,1H3. The Morgan fingerprint density at radius 3 is 2.88 bits per heavy atom. The van der Waals surface area contributed by atoms with Gasteiger partial charge >= 0.3 is 0 Å². The molecule has 2 aromatic rings. The number of pyridine rings is 1. The molecule has 0 aliphatic carbocycles. The third-order valence-corrected chi connectivity index (χ3v) is 3.24. The van der Waals surface area contributed by atoms with E-state index < -0.39 is 6.10 Å². The normalized spacial score (nSPS) is 14.8. The number of aromatic nitrogens is 1. The third kappa shape index (κ3) is 2.46. The first kappa shape index (κ1) is 12.0. The van der Waals surface area contributed by atoms with Crippen LogP contribution in [0.25, 0.3) is 10.9 Å². The van der Waals surface area contributed by atoms with Crippen LogP contribution in [-0.4, -0.2) is 16.6 Å². The van der Waals surface area contributed by atoms with E-state index in [2.05, 4.69) is 4.98 Å². The monoisotopic (exact) mass is 230 g/mol. The molecule has 2 unspecified atom stereocenters. The summed E-state index contributed by atoms with van der Waals surface area (Å²) >= 11 is 0. The lowest BCUT2D eigenvalue weighted by atomic mass is 9.93. The lowest BCUT2D eigenvalue weighted by Crippen LogP contribution is -2.21. The van der Waals surface area contributed by atoms with Crippen LogP contribution in [0.1, 0.15) is 25.0 Å². The fourth-order valence-corrected chi connectivity index (χ4v) is 2.07. The van der Waals surface area contributed by atoms with Crippen molar-refractivity contribution in [3.63, 3.8) is 0 Å². The van der Waals surface area contributed by atoms with Crippen molar-refractivity contribution >= 4 is 10.9 Å². The SMILES string of the molecule is CCC(CN)C(O)c1ccc2ncccc2c1. The zero-order valence-corrected chi connectivity index (χ0v) is 10.0. The van der Waals surface area contributed by atoms with E-state index >= 15 is 0 Å². The van der Waals surface area contributed by atoms with Gasteiger partial charge in [0.25, 0.3) is 0 Å². The van der Waals surface area contributed by atoms with Gasteiger partial charge in [-0.2, -0.15) is 0 Å². The summed E-state index contributed by atoms with van der Waals surface area (Å²) in [4.78, 5) is 4.26. The van der Waals surface area contributed by atoms with Crippen molar-refractivity contribution in [1.82, 2.24) is 4.98 Å². The molecule has 0 radical (unpaired) electrons. The Morgan fingerprint density at radius 2 is 2.18 bits per heavy atom. The third-order valence-electron chi connectivity index (χ3n) is 3.24. The number of benzene rings is 1. The molecule has 0 saturated heterocycles. The topological polar surface area (TPSA) is 59.1 Å². The second-order valence-electron chi connectivity index (χ2n) is 4.30. The summed E-state index contributed by atoms with van der Waals surface area (Å²) in [6.07, 6.45) is 2.16. The van der Waals surface area contributed by atoms with E-state index in [9.17, 15) is 5.11 Å². The highest BCUT2D eigenvalue weighted by Crippen LogP contribution is 2.26. The maximum absolute atomic E-state index is 10.2. The van der Waals surface area contributed by atoms with Crippen LogP contribution in [-0.2, 0) is 0 Å². The summed E-state index contributed by atoms with van der Waals surface area (Å²) < 4.78 is 0. The molecule has 90 valence electrons. The van der Waals surface area contributed by atoms with Crippen LogP contribution >= 0.6 is 0 Å². The van der Waals surface area contributed by atoms with Gasteiger partial charge in [-0.15, -0.1) is 0 Å². The van der Waals surface area contributed by atoms with E-state index in [-0.39, 0.29) is 5.92 Å². The van der Waals surface area contributed by atoms with Crippen molar-refractivity contribution in [2.24, 2.45) is 11.7 Å². The van der Waals surface area contributed by atoms with Gasteiger partial charge in [0.15, 0.2) is 0 Å². The van der Waals surface area contributed by atoms with Gasteiger partial charge < -0.3 is 10.8 Å². The van der Waals surface area contributed by atoms with Gasteiger partial charge in [0, 0.05) is 17.5 Å². The number of aliphatic hydroxyl groups excluding tert-OH is 1. The molecule has 2 atom stereocenters. The highest BCUT2D eigenvalue weighted by molar-refractivity contribution is 5.79. The minimum atomic E-state index is -0.491. The predicted molar refractivity (Wildman–Crippen MR) is 69.5 cm³/mol. The van der Waals surface area contributed by atoms with Gasteiger partial charge in [-0.3, -0.25) is 4.98 Å². The average Bonchev–Trinajstić information content (AvgIpc) is 2.39. The van der Waals surface area contributed by atoms with E-state index in [1.54, 1.807) is 6.20 Å². The van der Waals surface area contributed by atoms with Crippen molar-refractivity contribution < 1.29 is 5.11 Å². The molecule has 17 heavy (non-hydrogen) atoms. The second kappa shape index (κ2) is 5.25. The van der Waals surface area contributed by atoms with Gasteiger partial charge in [-0.05, 0) is 36.7 Å². The molecule has 3 nitrogen and oxygen atoms in total. The molecule has 1 heterocycles. The smallest absolute Gasteiger partial charge is 0.0830 e. The Kier molecular flexibility index (Phi) is 3.71. The zero-order chi connectivity index (χ0) is 12.3. The Bertz CT molecular complexity index is 494. The van der Waals surface area contributed by atoms with Gasteiger partial charge in [-0.25, -0.2) is 0 Å². The summed E-state index contributed by atoms with van der Waals surface area (Å²) in [6, 6.07) is 9.77. The van der Waals surface area contributed by atoms with Crippen molar-refractivity contribution in [3.8, 4) is 0 Å². The molecule has 3 N–H and O–H groups in total. The number of rotatable bonds is 4. The van der Waals surface area contributed by atoms with Crippen molar-refractivity contribution in [2.45, 2.75) is 19.4 Å². The number of nitrogens with two attached hydrogens (primary N) is 1. The number of fused-ring (bicyclic) bond motifs is 1. The summed E-state index contributed by atoms with van der Waals surface area (Å²) in [5, 5.41) is 11.3. The molecule has 0 amide bonds. The number of nitrogens with zero attached hydrogens (tertiary/aromatic N) is 1. The maximum atomic E-state index is 10.2. The first-order valence-corrected chi connectivity index (χ1v) is 5.99. The molecule has 1 aromatic heterocycles. The molecular weight excluding hydrogens is 212 g/mol. The molecule has 2 rings (SSSR count). The Balaban J connectivity index is 2.35. The van der Waals surface area contributed by atoms with Crippen LogP contribution in [0.3, 0.4) is 0 Å². The first-order chi connectivity index (χ1) is 8.26. The van der Waals surface area contributed by atoms with E-state index in [0.29, 0.717) is 6.54 Å². The number of hydrogen-bond acceptors (Lipinski definition) is 3. The molecule has 0 saturated carbocycles. The summed E-state index contributed by atoms with van der Waals surface area (Å²) in [7, 11) is 0. The van der Waals surface area contributed by atoms with Crippen molar-refractivity contribution in [1.29, 1.82) is 0 Å². The molecule has 0 aliphatic rings. The fraction of sp³-hybridized carbons (Fsp3) is 0.357. The van der Waals surface area contributed by atoms with Crippen LogP contribution in [0.5, 0.6) is 0 Å². The Hall–Kier alpha value is -1.45. The second-order valence-corrected chi connectivity index (χ2v) is 4.30. The lowest BCUT2D eigenvalue weighted by molar-refractivity contribution is 0.110. The molecule has 0 bridgehead atoms. The van der Waals surface area contributed by atoms with E-state index in [1.807, 2.05) is 37.3 Å². The van der Waals surface area contributed by atoms with Crippen LogP contribution < -0.4 is 5.73 Å². The number of aliphatic hydroxyl groups is 1. The largest absolute Gasteiger partial charge is 0.388 e. The minimum Gasteiger partial charge on any atom is -0.388 e. The molecule has 1 aromatic carbocycles. The van der Waals surface area contributed by atoms with E-state index in [1.165, 1.54) is 0 Å². The zero-order valence-electron chi connectivity index (χ0n) is 10.0. The summed E-state index contributed by atoms with van der Waals surface area (Å²) in [5.74, 6) is 0.115. The molecule has 0 fully saturated rings. The molecular formula is C14H18N2O. The van der Waals surface area contributed by atoms with Crippen molar-refractivity contribution in [3.05, 3.63) is 42.1 Å². The highest BCUT2D eigenvalue weighted by Gasteiger charge is 2.17. The predicted octanol–water partition coefficient (Wildman–Crippen LogP) is 2.25. The van der Waals surface area contributed by atoms with Crippen LogP contribution in [0.2, 0.25) is 0 Å². The van der Waals surface area contributed by atoms with E-state index in [4.69, 9.17) is 5.73 Å². The van der Waals surface area contributed by atoms with Gasteiger partial charge in [0.05, 0.1) is 11.6 Å². The minimum absolute atomic E-state index is 0.115. The van der Waals surface area contributed by atoms with Gasteiger partial charge in [-0.1, -0.05) is 19.1 Å². The maximum Gasteiger partial charge on any atom is 0.0830 e. The molecule has 0 spiro atoms. The van der Waals surface area contributed by atoms with Crippen molar-refractivity contribution in [2.75, 3.05) is 6.54 Å². The summed E-state index contributed by atoms with van der Waals surface area (Å²) in [5.41, 5.74) is 7.53. The Labute approximate surface area is 101 Å². The molecule has 3 heteroatoms. The van der Waals surface area contributed by atoms with Crippen LogP contribution in [0.15, 0.2) is 36.5 Å². The molecule has 0 aliphatic heterocycles. The van der Waals surface area contributed by atoms with Crippen LogP contribution in [0, 0.1) is 5.92 Å². The average molecular weight is 230 g/mol. The fourth-order valence-electron chi connectivity index (χ4n) is 2.07.